The molecule has 0 radical (unpaired) electrons. The van der Waals surface area contributed by atoms with E-state index in [1.54, 1.807) is 42.5 Å². The first kappa shape index (κ1) is 12.7. The van der Waals surface area contributed by atoms with Crippen LogP contribution in [0.4, 0.5) is 5.69 Å². The van der Waals surface area contributed by atoms with Gasteiger partial charge in [0.1, 0.15) is 5.84 Å². The molecular formula is C15H10ClN3O. The largest absolute Gasteiger partial charge is 0.384 e. The molecule has 5 heteroatoms. The molecule has 98 valence electrons. The van der Waals surface area contributed by atoms with Crippen LogP contribution < -0.4 is 5.73 Å². The number of hydrogen-bond acceptors (Lipinski definition) is 4. The molecule has 0 fully saturated rings. The van der Waals surface area contributed by atoms with Crippen molar-refractivity contribution in [2.75, 3.05) is 0 Å². The number of aliphatic imine (C=N–C) groups is 1. The van der Waals surface area contributed by atoms with Crippen LogP contribution in [-0.4, -0.2) is 10.9 Å². The van der Waals surface area contributed by atoms with Gasteiger partial charge in [-0.2, -0.15) is 5.26 Å². The molecule has 1 heterocycles. The molecule has 3 rings (SSSR count). The fourth-order valence-corrected chi connectivity index (χ4v) is 2.60. The van der Waals surface area contributed by atoms with E-state index in [0.717, 1.165) is 0 Å². The van der Waals surface area contributed by atoms with E-state index in [2.05, 4.69) is 11.1 Å². The first-order chi connectivity index (χ1) is 9.57. The van der Waals surface area contributed by atoms with Crippen molar-refractivity contribution in [3.05, 3.63) is 64.2 Å². The number of hydrogen-bond donors (Lipinski definition) is 2. The van der Waals surface area contributed by atoms with Crippen molar-refractivity contribution >= 4 is 23.1 Å². The molecule has 0 aromatic heterocycles. The highest BCUT2D eigenvalue weighted by Gasteiger charge is 2.43. The molecule has 1 aliphatic rings. The second-order valence-corrected chi connectivity index (χ2v) is 4.96. The van der Waals surface area contributed by atoms with Crippen molar-refractivity contribution in [2.45, 2.75) is 5.60 Å². The summed E-state index contributed by atoms with van der Waals surface area (Å²) in [6.07, 6.45) is 0. The van der Waals surface area contributed by atoms with Crippen molar-refractivity contribution in [3.8, 4) is 6.07 Å². The molecule has 0 bridgehead atoms. The smallest absolute Gasteiger partial charge is 0.175 e. The lowest BCUT2D eigenvalue weighted by molar-refractivity contribution is 0.158. The van der Waals surface area contributed by atoms with Crippen molar-refractivity contribution in [1.82, 2.24) is 0 Å². The zero-order valence-corrected chi connectivity index (χ0v) is 11.1. The maximum atomic E-state index is 11.1. The predicted octanol–water partition coefficient (Wildman–Crippen LogP) is 2.45. The van der Waals surface area contributed by atoms with Gasteiger partial charge in [0.25, 0.3) is 0 Å². The van der Waals surface area contributed by atoms with E-state index in [0.29, 0.717) is 27.4 Å². The summed E-state index contributed by atoms with van der Waals surface area (Å²) < 4.78 is 0. The fourth-order valence-electron chi connectivity index (χ4n) is 2.42. The Morgan fingerprint density at radius 1 is 1.20 bits per heavy atom. The van der Waals surface area contributed by atoms with E-state index in [4.69, 9.17) is 17.3 Å². The first-order valence-electron chi connectivity index (χ1n) is 5.94. The maximum absolute atomic E-state index is 11.1. The molecule has 0 saturated heterocycles. The van der Waals surface area contributed by atoms with Gasteiger partial charge < -0.3 is 10.8 Å². The van der Waals surface area contributed by atoms with E-state index in [9.17, 15) is 10.4 Å². The molecule has 1 unspecified atom stereocenters. The zero-order valence-electron chi connectivity index (χ0n) is 10.3. The van der Waals surface area contributed by atoms with Crippen LogP contribution >= 0.6 is 11.6 Å². The van der Waals surface area contributed by atoms with Gasteiger partial charge in [-0.05, 0) is 24.3 Å². The molecule has 1 atom stereocenters. The number of halogens is 1. The van der Waals surface area contributed by atoms with Gasteiger partial charge >= 0.3 is 0 Å². The summed E-state index contributed by atoms with van der Waals surface area (Å²) in [7, 11) is 0. The minimum absolute atomic E-state index is 0.0393. The van der Waals surface area contributed by atoms with Crippen LogP contribution in [0.25, 0.3) is 0 Å². The SMILES string of the molecule is N#Cc1ccccc1C1(O)C(N)=Nc2ccc(Cl)cc21. The van der Waals surface area contributed by atoms with Crippen molar-refractivity contribution in [1.29, 1.82) is 5.26 Å². The number of nitriles is 1. The highest BCUT2D eigenvalue weighted by atomic mass is 35.5. The second kappa shape index (κ2) is 4.34. The number of nitrogens with two attached hydrogens (primary N) is 1. The normalized spacial score (nSPS) is 20.1. The fraction of sp³-hybridized carbons (Fsp3) is 0.0667. The Kier molecular flexibility index (Phi) is 2.75. The molecule has 1 aliphatic heterocycles. The number of rotatable bonds is 1. The molecule has 0 aliphatic carbocycles. The summed E-state index contributed by atoms with van der Waals surface area (Å²) in [4.78, 5) is 4.17. The van der Waals surface area contributed by atoms with Gasteiger partial charge in [-0.15, -0.1) is 0 Å². The van der Waals surface area contributed by atoms with Gasteiger partial charge in [0.05, 0.1) is 17.3 Å². The molecule has 0 saturated carbocycles. The van der Waals surface area contributed by atoms with E-state index in [1.807, 2.05) is 0 Å². The van der Waals surface area contributed by atoms with Gasteiger partial charge in [-0.3, -0.25) is 0 Å². The van der Waals surface area contributed by atoms with Crippen molar-refractivity contribution < 1.29 is 5.11 Å². The van der Waals surface area contributed by atoms with Crippen LogP contribution in [0.2, 0.25) is 5.02 Å². The van der Waals surface area contributed by atoms with Crippen molar-refractivity contribution in [3.63, 3.8) is 0 Å². The lowest BCUT2D eigenvalue weighted by Crippen LogP contribution is -2.40. The Labute approximate surface area is 120 Å². The maximum Gasteiger partial charge on any atom is 0.175 e. The molecule has 0 spiro atoms. The second-order valence-electron chi connectivity index (χ2n) is 4.53. The molecule has 2 aromatic carbocycles. The molecule has 0 amide bonds. The van der Waals surface area contributed by atoms with Crippen LogP contribution in [-0.2, 0) is 5.60 Å². The average Bonchev–Trinajstić information content (AvgIpc) is 2.72. The highest BCUT2D eigenvalue weighted by molar-refractivity contribution is 6.30. The summed E-state index contributed by atoms with van der Waals surface area (Å²) >= 11 is 5.99. The number of fused-ring (bicyclic) bond motifs is 1. The lowest BCUT2D eigenvalue weighted by Gasteiger charge is -2.25. The number of amidine groups is 1. The molecule has 4 nitrogen and oxygen atoms in total. The monoisotopic (exact) mass is 283 g/mol. The molecule has 20 heavy (non-hydrogen) atoms. The van der Waals surface area contributed by atoms with Gasteiger partial charge in [0.15, 0.2) is 5.60 Å². The summed E-state index contributed by atoms with van der Waals surface area (Å²) in [6.45, 7) is 0. The number of benzene rings is 2. The predicted molar refractivity (Wildman–Crippen MR) is 76.9 cm³/mol. The van der Waals surface area contributed by atoms with Crippen LogP contribution in [0.5, 0.6) is 0 Å². The minimum atomic E-state index is -1.62. The number of aliphatic hydroxyl groups is 1. The van der Waals surface area contributed by atoms with Crippen LogP contribution in [0.1, 0.15) is 16.7 Å². The van der Waals surface area contributed by atoms with Crippen LogP contribution in [0.3, 0.4) is 0 Å². The molecule has 2 aromatic rings. The third-order valence-corrected chi connectivity index (χ3v) is 3.63. The van der Waals surface area contributed by atoms with E-state index < -0.39 is 5.60 Å². The first-order valence-corrected chi connectivity index (χ1v) is 6.32. The molecule has 3 N–H and O–H groups in total. The van der Waals surface area contributed by atoms with E-state index >= 15 is 0 Å². The van der Waals surface area contributed by atoms with Gasteiger partial charge in [-0.1, -0.05) is 29.8 Å². The van der Waals surface area contributed by atoms with Gasteiger partial charge in [0, 0.05) is 16.1 Å². The van der Waals surface area contributed by atoms with Crippen LogP contribution in [0.15, 0.2) is 47.5 Å². The lowest BCUT2D eigenvalue weighted by atomic mass is 9.84. The standard InChI is InChI=1S/C15H10ClN3O/c16-10-5-6-13-12(7-10)15(20,14(18)19-13)11-4-2-1-3-9(11)8-17/h1-7,20H,(H2,18,19). The summed E-state index contributed by atoms with van der Waals surface area (Å²) in [5, 5.41) is 20.7. The Bertz CT molecular complexity index is 779. The summed E-state index contributed by atoms with van der Waals surface area (Å²) in [6, 6.07) is 13.8. The van der Waals surface area contributed by atoms with Crippen molar-refractivity contribution in [2.24, 2.45) is 10.7 Å². The van der Waals surface area contributed by atoms with Crippen LogP contribution in [0, 0.1) is 11.3 Å². The summed E-state index contributed by atoms with van der Waals surface area (Å²) in [5.41, 5.74) is 6.10. The zero-order chi connectivity index (χ0) is 14.3. The third kappa shape index (κ3) is 1.61. The highest BCUT2D eigenvalue weighted by Crippen LogP contribution is 2.43. The topological polar surface area (TPSA) is 82.4 Å². The quantitative estimate of drug-likeness (QED) is 0.843. The Morgan fingerprint density at radius 2 is 1.95 bits per heavy atom. The Balaban J connectivity index is 2.31. The minimum Gasteiger partial charge on any atom is -0.384 e. The van der Waals surface area contributed by atoms with Gasteiger partial charge in [0.2, 0.25) is 0 Å². The van der Waals surface area contributed by atoms with Gasteiger partial charge in [-0.25, -0.2) is 4.99 Å². The van der Waals surface area contributed by atoms with E-state index in [1.165, 1.54) is 0 Å². The Morgan fingerprint density at radius 3 is 2.70 bits per heavy atom. The average molecular weight is 284 g/mol. The third-order valence-electron chi connectivity index (χ3n) is 3.40. The molecular weight excluding hydrogens is 274 g/mol. The Hall–Kier alpha value is -2.35. The number of nitrogens with zero attached hydrogens (tertiary/aromatic N) is 2. The van der Waals surface area contributed by atoms with E-state index in [-0.39, 0.29) is 5.84 Å². The summed E-state index contributed by atoms with van der Waals surface area (Å²) in [5.74, 6) is 0.0393.